The summed E-state index contributed by atoms with van der Waals surface area (Å²) < 4.78 is 64.0. The number of rotatable bonds is 3. The molecule has 0 fully saturated rings. The Morgan fingerprint density at radius 1 is 1.50 bits per heavy atom. The van der Waals surface area contributed by atoms with E-state index in [1.807, 2.05) is 5.43 Å². The van der Waals surface area contributed by atoms with E-state index >= 15 is 0 Å². The smallest absolute Gasteiger partial charge is 0.455 e. The van der Waals surface area contributed by atoms with Crippen molar-refractivity contribution in [3.05, 3.63) is 9.78 Å². The summed E-state index contributed by atoms with van der Waals surface area (Å²) in [5.41, 5.74) is -1.13. The maximum absolute atomic E-state index is 13.6. The molecule has 0 bridgehead atoms. The minimum atomic E-state index is -5.86. The largest absolute Gasteiger partial charge is 0.481 e. The van der Waals surface area contributed by atoms with Crippen molar-refractivity contribution in [2.75, 3.05) is 7.05 Å². The van der Waals surface area contributed by atoms with E-state index in [1.54, 1.807) is 0 Å². The Morgan fingerprint density at radius 2 is 2.00 bits per heavy atom. The van der Waals surface area contributed by atoms with Crippen LogP contribution < -0.4 is 5.43 Å². The lowest BCUT2D eigenvalue weighted by molar-refractivity contribution is -0.307. The van der Waals surface area contributed by atoms with E-state index in [1.165, 1.54) is 29.6 Å². The van der Waals surface area contributed by atoms with Crippen LogP contribution in [0.15, 0.2) is 9.78 Å². The lowest BCUT2D eigenvalue weighted by Crippen LogP contribution is -2.65. The molecule has 1 unspecified atom stereocenters. The number of carboxylic acids is 1. The van der Waals surface area contributed by atoms with Gasteiger partial charge >= 0.3 is 18.1 Å². The fourth-order valence-corrected chi connectivity index (χ4v) is 2.66. The van der Waals surface area contributed by atoms with E-state index in [4.69, 9.17) is 5.11 Å². The topological polar surface area (TPSA) is 52.6 Å². The fourth-order valence-electron chi connectivity index (χ4n) is 1.59. The highest BCUT2D eigenvalue weighted by molar-refractivity contribution is 14.1. The van der Waals surface area contributed by atoms with Crippen LogP contribution in [-0.2, 0) is 4.79 Å². The van der Waals surface area contributed by atoms with Crippen molar-refractivity contribution >= 4 is 28.6 Å². The Hall–Kier alpha value is -0.650. The van der Waals surface area contributed by atoms with E-state index in [9.17, 15) is 26.7 Å². The van der Waals surface area contributed by atoms with Crippen LogP contribution >= 0.6 is 22.6 Å². The lowest BCUT2D eigenvalue weighted by Gasteiger charge is -2.38. The summed E-state index contributed by atoms with van der Waals surface area (Å²) in [5.74, 6) is -6.97. The monoisotopic (exact) mass is 386 g/mol. The van der Waals surface area contributed by atoms with Crippen LogP contribution in [0.3, 0.4) is 0 Å². The van der Waals surface area contributed by atoms with Crippen LogP contribution in [0.1, 0.15) is 6.42 Å². The first-order valence-electron chi connectivity index (χ1n) is 4.49. The van der Waals surface area contributed by atoms with Crippen molar-refractivity contribution in [1.29, 1.82) is 0 Å². The van der Waals surface area contributed by atoms with Crippen molar-refractivity contribution in [2.45, 2.75) is 24.1 Å². The highest BCUT2D eigenvalue weighted by atomic mass is 127. The van der Waals surface area contributed by atoms with Gasteiger partial charge < -0.3 is 10.1 Å². The first-order valence-corrected chi connectivity index (χ1v) is 5.57. The molecule has 1 heterocycles. The van der Waals surface area contributed by atoms with Gasteiger partial charge in [0.1, 0.15) is 0 Å². The second-order valence-corrected chi connectivity index (χ2v) is 4.91. The van der Waals surface area contributed by atoms with Gasteiger partial charge in [0.25, 0.3) is 0 Å². The molecule has 0 aliphatic carbocycles. The van der Waals surface area contributed by atoms with E-state index in [2.05, 4.69) is 0 Å². The minimum absolute atomic E-state index is 0.424. The number of nitrogens with one attached hydrogen (secondary N) is 1. The molecule has 0 saturated heterocycles. The molecule has 1 aliphatic rings. The number of alkyl halides is 5. The highest BCUT2D eigenvalue weighted by Gasteiger charge is 2.73. The van der Waals surface area contributed by atoms with Gasteiger partial charge in [-0.05, 0) is 22.6 Å². The zero-order chi connectivity index (χ0) is 14.4. The van der Waals surface area contributed by atoms with Gasteiger partial charge in [-0.1, -0.05) is 0 Å². The van der Waals surface area contributed by atoms with Crippen LogP contribution in [0.4, 0.5) is 22.0 Å². The zero-order valence-corrected chi connectivity index (χ0v) is 11.0. The number of nitrogens with zero attached hydrogens (tertiary/aromatic N) is 1. The number of halogens is 6. The first-order chi connectivity index (χ1) is 7.94. The third-order valence-electron chi connectivity index (χ3n) is 2.39. The summed E-state index contributed by atoms with van der Waals surface area (Å²) in [5, 5.41) is 9.46. The Bertz CT molecular complexity index is 397. The predicted molar refractivity (Wildman–Crippen MR) is 59.0 cm³/mol. The van der Waals surface area contributed by atoms with Gasteiger partial charge in [0.2, 0.25) is 0 Å². The number of hydrogen-bond acceptors (Lipinski definition) is 3. The van der Waals surface area contributed by atoms with Gasteiger partial charge in [-0.3, -0.25) is 4.79 Å². The molecule has 0 aromatic rings. The second-order valence-electron chi connectivity index (χ2n) is 3.75. The highest BCUT2D eigenvalue weighted by Crippen LogP contribution is 2.51. The van der Waals surface area contributed by atoms with Gasteiger partial charge in [-0.25, -0.2) is 5.43 Å². The number of hydrazine groups is 1. The average molecular weight is 386 g/mol. The SMILES string of the molecule is CN1C=C(I)C(CC(=O)O)(C(F)(F)C(F)(F)F)N1. The third kappa shape index (κ3) is 2.27. The number of hydrogen-bond donors (Lipinski definition) is 2. The van der Waals surface area contributed by atoms with Gasteiger partial charge in [0, 0.05) is 16.8 Å². The quantitative estimate of drug-likeness (QED) is 0.577. The minimum Gasteiger partial charge on any atom is -0.481 e. The average Bonchev–Trinajstić information content (AvgIpc) is 2.39. The van der Waals surface area contributed by atoms with Crippen molar-refractivity contribution in [3.63, 3.8) is 0 Å². The molecule has 0 amide bonds. The van der Waals surface area contributed by atoms with Crippen molar-refractivity contribution < 1.29 is 31.9 Å². The summed E-state index contributed by atoms with van der Waals surface area (Å²) in [6.07, 6.45) is -6.26. The summed E-state index contributed by atoms with van der Waals surface area (Å²) in [6.45, 7) is 0. The number of carbonyl (C=O) groups is 1. The van der Waals surface area contributed by atoms with Gasteiger partial charge in [0.05, 0.1) is 6.42 Å². The van der Waals surface area contributed by atoms with E-state index in [-0.39, 0.29) is 0 Å². The summed E-state index contributed by atoms with van der Waals surface area (Å²) in [7, 11) is 1.20. The van der Waals surface area contributed by atoms with Crippen LogP contribution in [-0.4, -0.2) is 40.8 Å². The Labute approximate surface area is 112 Å². The van der Waals surface area contributed by atoms with Gasteiger partial charge in [-0.15, -0.1) is 0 Å². The van der Waals surface area contributed by atoms with Crippen LogP contribution in [0, 0.1) is 0 Å². The molecule has 1 aliphatic heterocycles. The molecule has 0 aromatic heterocycles. The maximum atomic E-state index is 13.6. The maximum Gasteiger partial charge on any atom is 0.455 e. The van der Waals surface area contributed by atoms with Gasteiger partial charge in [0.15, 0.2) is 5.54 Å². The van der Waals surface area contributed by atoms with Crippen LogP contribution in [0.2, 0.25) is 0 Å². The Morgan fingerprint density at radius 3 is 2.28 bits per heavy atom. The van der Waals surface area contributed by atoms with E-state index in [0.717, 1.165) is 11.2 Å². The van der Waals surface area contributed by atoms with Gasteiger partial charge in [-0.2, -0.15) is 22.0 Å². The Balaban J connectivity index is 3.32. The number of aliphatic carboxylic acids is 1. The van der Waals surface area contributed by atoms with Crippen molar-refractivity contribution in [1.82, 2.24) is 10.4 Å². The van der Waals surface area contributed by atoms with Crippen molar-refractivity contribution in [2.24, 2.45) is 0 Å². The Kier molecular flexibility index (Phi) is 3.83. The fraction of sp³-hybridized carbons (Fsp3) is 0.625. The van der Waals surface area contributed by atoms with E-state index in [0.29, 0.717) is 0 Å². The molecule has 0 aromatic carbocycles. The molecule has 104 valence electrons. The molecule has 0 radical (unpaired) electrons. The standard InChI is InChI=1S/C8H8F5IN2O2/c1-16-3-4(14)6(15-16,2-5(17)18)7(9,10)8(11,12)13/h3,15H,2H2,1H3,(H,17,18). The van der Waals surface area contributed by atoms with Crippen LogP contribution in [0.5, 0.6) is 0 Å². The summed E-state index contributed by atoms with van der Waals surface area (Å²) in [4.78, 5) is 10.6. The molecule has 1 atom stereocenters. The molecular weight excluding hydrogens is 378 g/mol. The first kappa shape index (κ1) is 15.4. The molecule has 4 nitrogen and oxygen atoms in total. The number of carboxylic acid groups (broad SMARTS) is 1. The summed E-state index contributed by atoms with van der Waals surface area (Å²) in [6, 6.07) is 0. The second kappa shape index (κ2) is 4.47. The molecule has 1 rings (SSSR count). The normalized spacial score (nSPS) is 25.3. The van der Waals surface area contributed by atoms with Crippen molar-refractivity contribution in [3.8, 4) is 0 Å². The molecule has 0 saturated carbocycles. The molecule has 0 spiro atoms. The molecule has 10 heteroatoms. The lowest BCUT2D eigenvalue weighted by atomic mass is 9.88. The van der Waals surface area contributed by atoms with Crippen LogP contribution in [0.25, 0.3) is 0 Å². The predicted octanol–water partition coefficient (Wildman–Crippen LogP) is 2.12. The third-order valence-corrected chi connectivity index (χ3v) is 3.59. The summed E-state index contributed by atoms with van der Waals surface area (Å²) >= 11 is 1.27. The zero-order valence-electron chi connectivity index (χ0n) is 8.85. The molecule has 18 heavy (non-hydrogen) atoms. The molecule has 2 N–H and O–H groups in total. The van der Waals surface area contributed by atoms with E-state index < -0.39 is 33.6 Å². The molecular formula is C8H8F5IN2O2.